The second-order valence-electron chi connectivity index (χ2n) is 6.35. The quantitative estimate of drug-likeness (QED) is 0.833. The fraction of sp³-hybridized carbons (Fsp3) is 0.562. The molecule has 2 saturated heterocycles. The number of likely N-dealkylation sites (tertiary alicyclic amines) is 1. The van der Waals surface area contributed by atoms with Crippen LogP contribution in [0.3, 0.4) is 0 Å². The number of thiazole rings is 2. The SMILES string of the molecule is Cc1nc(COC2CCOC3(C2)CN(C(=O)c2cscn2)C3)cs1. The third-order valence-electron chi connectivity index (χ3n) is 4.48. The van der Waals surface area contributed by atoms with Gasteiger partial charge in [0.2, 0.25) is 0 Å². The van der Waals surface area contributed by atoms with Crippen molar-refractivity contribution in [3.63, 3.8) is 0 Å². The van der Waals surface area contributed by atoms with E-state index in [0.717, 1.165) is 23.5 Å². The summed E-state index contributed by atoms with van der Waals surface area (Å²) in [6.07, 6.45) is 1.89. The lowest BCUT2D eigenvalue weighted by Crippen LogP contribution is -2.67. The second kappa shape index (κ2) is 6.51. The zero-order valence-corrected chi connectivity index (χ0v) is 15.1. The van der Waals surface area contributed by atoms with E-state index in [2.05, 4.69) is 9.97 Å². The van der Waals surface area contributed by atoms with Crippen molar-refractivity contribution in [2.24, 2.45) is 0 Å². The molecule has 4 rings (SSSR count). The summed E-state index contributed by atoms with van der Waals surface area (Å²) in [4.78, 5) is 22.6. The Hall–Kier alpha value is -1.35. The number of carbonyl (C=O) groups excluding carboxylic acids is 1. The summed E-state index contributed by atoms with van der Waals surface area (Å²) in [5.41, 5.74) is 2.96. The zero-order chi connectivity index (χ0) is 16.6. The molecule has 24 heavy (non-hydrogen) atoms. The van der Waals surface area contributed by atoms with Crippen LogP contribution in [0.5, 0.6) is 0 Å². The van der Waals surface area contributed by atoms with Gasteiger partial charge >= 0.3 is 0 Å². The van der Waals surface area contributed by atoms with Gasteiger partial charge in [-0.2, -0.15) is 0 Å². The van der Waals surface area contributed by atoms with Crippen LogP contribution in [0, 0.1) is 6.92 Å². The van der Waals surface area contributed by atoms with Crippen molar-refractivity contribution in [3.8, 4) is 0 Å². The van der Waals surface area contributed by atoms with E-state index in [4.69, 9.17) is 9.47 Å². The summed E-state index contributed by atoms with van der Waals surface area (Å²) in [6, 6.07) is 0. The van der Waals surface area contributed by atoms with E-state index in [0.29, 0.717) is 32.0 Å². The summed E-state index contributed by atoms with van der Waals surface area (Å²) in [5, 5.41) is 4.89. The Labute approximate surface area is 148 Å². The summed E-state index contributed by atoms with van der Waals surface area (Å²) < 4.78 is 12.0. The molecule has 2 aliphatic rings. The van der Waals surface area contributed by atoms with Crippen LogP contribution in [-0.4, -0.2) is 52.2 Å². The molecule has 1 amide bonds. The number of nitrogens with zero attached hydrogens (tertiary/aromatic N) is 3. The van der Waals surface area contributed by atoms with Crippen molar-refractivity contribution >= 4 is 28.6 Å². The number of aryl methyl sites for hydroxylation is 1. The Kier molecular flexibility index (Phi) is 4.38. The highest BCUT2D eigenvalue weighted by atomic mass is 32.1. The summed E-state index contributed by atoms with van der Waals surface area (Å²) in [6.45, 7) is 4.48. The number of amides is 1. The molecular weight excluding hydrogens is 346 g/mol. The maximum Gasteiger partial charge on any atom is 0.273 e. The minimum atomic E-state index is -0.243. The van der Waals surface area contributed by atoms with E-state index in [1.165, 1.54) is 11.3 Å². The predicted octanol–water partition coefficient (Wildman–Crippen LogP) is 2.50. The first kappa shape index (κ1) is 16.1. The Morgan fingerprint density at radius 1 is 1.50 bits per heavy atom. The molecule has 128 valence electrons. The van der Waals surface area contributed by atoms with Gasteiger partial charge in [-0.3, -0.25) is 4.79 Å². The van der Waals surface area contributed by atoms with Crippen LogP contribution in [0.4, 0.5) is 0 Å². The molecule has 2 aliphatic heterocycles. The fourth-order valence-corrected chi connectivity index (χ4v) is 4.42. The van der Waals surface area contributed by atoms with Gasteiger partial charge in [-0.25, -0.2) is 9.97 Å². The molecule has 0 aromatic carbocycles. The van der Waals surface area contributed by atoms with E-state index in [-0.39, 0.29) is 17.6 Å². The van der Waals surface area contributed by atoms with Crippen molar-refractivity contribution in [1.29, 1.82) is 0 Å². The van der Waals surface area contributed by atoms with Crippen LogP contribution in [0.25, 0.3) is 0 Å². The van der Waals surface area contributed by atoms with Gasteiger partial charge in [-0.15, -0.1) is 22.7 Å². The zero-order valence-electron chi connectivity index (χ0n) is 13.4. The van der Waals surface area contributed by atoms with Crippen molar-refractivity contribution in [2.75, 3.05) is 19.7 Å². The van der Waals surface area contributed by atoms with Crippen molar-refractivity contribution in [2.45, 2.75) is 38.1 Å². The molecule has 6 nitrogen and oxygen atoms in total. The van der Waals surface area contributed by atoms with Crippen LogP contribution < -0.4 is 0 Å². The van der Waals surface area contributed by atoms with Crippen LogP contribution in [0.15, 0.2) is 16.3 Å². The highest BCUT2D eigenvalue weighted by Crippen LogP contribution is 2.36. The molecule has 0 aliphatic carbocycles. The molecule has 2 aromatic heterocycles. The van der Waals surface area contributed by atoms with Gasteiger partial charge in [-0.1, -0.05) is 0 Å². The van der Waals surface area contributed by atoms with Gasteiger partial charge in [0.1, 0.15) is 11.3 Å². The molecule has 0 bridgehead atoms. The first-order valence-electron chi connectivity index (χ1n) is 7.98. The third kappa shape index (κ3) is 3.23. The third-order valence-corrected chi connectivity index (χ3v) is 5.89. The van der Waals surface area contributed by atoms with Crippen LogP contribution in [0.1, 0.15) is 34.0 Å². The number of hydrogen-bond donors (Lipinski definition) is 0. The largest absolute Gasteiger partial charge is 0.372 e. The number of hydrogen-bond acceptors (Lipinski definition) is 7. The van der Waals surface area contributed by atoms with Crippen molar-refractivity contribution in [3.05, 3.63) is 32.7 Å². The number of rotatable bonds is 4. The molecule has 8 heteroatoms. The average molecular weight is 365 g/mol. The van der Waals surface area contributed by atoms with E-state index < -0.39 is 0 Å². The van der Waals surface area contributed by atoms with Gasteiger partial charge < -0.3 is 14.4 Å². The molecule has 4 heterocycles. The lowest BCUT2D eigenvalue weighted by molar-refractivity contribution is -0.188. The number of ether oxygens (including phenoxy) is 2. The summed E-state index contributed by atoms with van der Waals surface area (Å²) in [7, 11) is 0. The van der Waals surface area contributed by atoms with Crippen LogP contribution >= 0.6 is 22.7 Å². The van der Waals surface area contributed by atoms with Gasteiger partial charge in [0.05, 0.1) is 42.0 Å². The Bertz CT molecular complexity index is 710. The van der Waals surface area contributed by atoms with Crippen LogP contribution in [-0.2, 0) is 16.1 Å². The molecule has 0 radical (unpaired) electrons. The number of carbonyl (C=O) groups is 1. The Balaban J connectivity index is 1.30. The second-order valence-corrected chi connectivity index (χ2v) is 8.13. The van der Waals surface area contributed by atoms with Gasteiger partial charge in [0, 0.05) is 23.8 Å². The smallest absolute Gasteiger partial charge is 0.273 e. The molecule has 1 unspecified atom stereocenters. The van der Waals surface area contributed by atoms with Crippen molar-refractivity contribution < 1.29 is 14.3 Å². The lowest BCUT2D eigenvalue weighted by Gasteiger charge is -2.52. The fourth-order valence-electron chi connectivity index (χ4n) is 3.30. The molecule has 0 saturated carbocycles. The molecular formula is C16H19N3O3S2. The highest BCUT2D eigenvalue weighted by Gasteiger charge is 2.49. The van der Waals surface area contributed by atoms with E-state index in [1.54, 1.807) is 27.1 Å². The first-order valence-corrected chi connectivity index (χ1v) is 9.80. The highest BCUT2D eigenvalue weighted by molar-refractivity contribution is 7.09. The molecule has 2 fully saturated rings. The Morgan fingerprint density at radius 2 is 2.38 bits per heavy atom. The van der Waals surface area contributed by atoms with E-state index >= 15 is 0 Å². The van der Waals surface area contributed by atoms with E-state index in [1.807, 2.05) is 12.3 Å². The lowest BCUT2D eigenvalue weighted by atomic mass is 9.84. The van der Waals surface area contributed by atoms with E-state index in [9.17, 15) is 4.79 Å². The molecule has 1 spiro atoms. The van der Waals surface area contributed by atoms with Gasteiger partial charge in [-0.05, 0) is 13.3 Å². The summed E-state index contributed by atoms with van der Waals surface area (Å²) in [5.74, 6) is -0.00790. The topological polar surface area (TPSA) is 64.6 Å². The molecule has 0 N–H and O–H groups in total. The van der Waals surface area contributed by atoms with Crippen molar-refractivity contribution in [1.82, 2.24) is 14.9 Å². The minimum Gasteiger partial charge on any atom is -0.372 e. The monoisotopic (exact) mass is 365 g/mol. The number of aromatic nitrogens is 2. The molecule has 1 atom stereocenters. The van der Waals surface area contributed by atoms with Gasteiger partial charge in [0.25, 0.3) is 5.91 Å². The normalized spacial score (nSPS) is 22.5. The van der Waals surface area contributed by atoms with Gasteiger partial charge in [0.15, 0.2) is 0 Å². The van der Waals surface area contributed by atoms with Crippen LogP contribution in [0.2, 0.25) is 0 Å². The average Bonchev–Trinajstić information content (AvgIpc) is 3.22. The Morgan fingerprint density at radius 3 is 3.08 bits per heavy atom. The first-order chi connectivity index (χ1) is 11.6. The minimum absolute atomic E-state index is 0.00790. The summed E-state index contributed by atoms with van der Waals surface area (Å²) >= 11 is 3.08. The standard InChI is InChI=1S/C16H19N3O3S2/c1-11-18-12(6-24-11)5-21-13-2-3-22-16(4-13)8-19(9-16)15(20)14-7-23-10-17-14/h6-7,10,13H,2-5,8-9H2,1H3. The molecule has 2 aromatic rings. The maximum atomic E-state index is 12.3. The predicted molar refractivity (Wildman–Crippen MR) is 91.4 cm³/mol. The maximum absolute atomic E-state index is 12.3.